The number of aliphatic hydroxyl groups is 1. The van der Waals surface area contributed by atoms with Crippen LogP contribution < -0.4 is 4.74 Å². The monoisotopic (exact) mass is 256 g/mol. The van der Waals surface area contributed by atoms with Gasteiger partial charge in [-0.05, 0) is 24.3 Å². The van der Waals surface area contributed by atoms with E-state index in [9.17, 15) is 5.11 Å². The molecule has 0 fully saturated rings. The van der Waals surface area contributed by atoms with Crippen molar-refractivity contribution in [3.63, 3.8) is 0 Å². The normalized spacial score (nSPS) is 12.4. The van der Waals surface area contributed by atoms with Crippen molar-refractivity contribution in [2.45, 2.75) is 26.4 Å². The van der Waals surface area contributed by atoms with Crippen molar-refractivity contribution in [3.05, 3.63) is 54.1 Å². The highest BCUT2D eigenvalue weighted by molar-refractivity contribution is 5.89. The van der Waals surface area contributed by atoms with E-state index in [0.717, 1.165) is 34.1 Å². The van der Waals surface area contributed by atoms with Gasteiger partial charge in [-0.25, -0.2) is 0 Å². The van der Waals surface area contributed by atoms with Crippen LogP contribution >= 0.6 is 0 Å². The van der Waals surface area contributed by atoms with Gasteiger partial charge in [0.25, 0.3) is 0 Å². The summed E-state index contributed by atoms with van der Waals surface area (Å²) >= 11 is 0. The van der Waals surface area contributed by atoms with Crippen LogP contribution in [0.3, 0.4) is 0 Å². The average Bonchev–Trinajstić information content (AvgIpc) is 2.43. The van der Waals surface area contributed by atoms with Crippen LogP contribution in [0.1, 0.15) is 31.9 Å². The summed E-state index contributed by atoms with van der Waals surface area (Å²) in [5.41, 5.74) is 1.87. The van der Waals surface area contributed by atoms with E-state index >= 15 is 0 Å². The van der Waals surface area contributed by atoms with E-state index in [4.69, 9.17) is 4.74 Å². The van der Waals surface area contributed by atoms with Gasteiger partial charge in [0.15, 0.2) is 0 Å². The number of hydrogen-bond donors (Lipinski definition) is 1. The number of hydrogen-bond acceptors (Lipinski definition) is 2. The standard InChI is InChI=1S/C17H20O2/c1-4-12(2)11-19-17-15(13(3)18)10-9-14-7-5-6-8-16(14)17/h5-10,13,18H,2,4,11H2,1,3H3/t13-/m1/s1. The molecule has 0 aromatic heterocycles. The van der Waals surface area contributed by atoms with Crippen LogP contribution in [0.4, 0.5) is 0 Å². The van der Waals surface area contributed by atoms with E-state index in [0.29, 0.717) is 6.61 Å². The molecule has 0 saturated carbocycles. The molecule has 0 aliphatic carbocycles. The van der Waals surface area contributed by atoms with Crippen molar-refractivity contribution in [1.29, 1.82) is 0 Å². The van der Waals surface area contributed by atoms with Gasteiger partial charge in [0.05, 0.1) is 6.10 Å². The minimum absolute atomic E-state index is 0.490. The van der Waals surface area contributed by atoms with Crippen LogP contribution in [-0.2, 0) is 0 Å². The van der Waals surface area contributed by atoms with E-state index in [1.807, 2.05) is 36.4 Å². The number of fused-ring (bicyclic) bond motifs is 1. The van der Waals surface area contributed by atoms with Crippen molar-refractivity contribution < 1.29 is 9.84 Å². The minimum Gasteiger partial charge on any atom is -0.488 e. The quantitative estimate of drug-likeness (QED) is 0.811. The molecule has 2 aromatic carbocycles. The zero-order chi connectivity index (χ0) is 13.8. The largest absolute Gasteiger partial charge is 0.488 e. The molecular formula is C17H20O2. The second-order valence-corrected chi connectivity index (χ2v) is 4.77. The topological polar surface area (TPSA) is 29.5 Å². The van der Waals surface area contributed by atoms with Crippen LogP contribution in [0.5, 0.6) is 5.75 Å². The maximum atomic E-state index is 9.88. The molecule has 1 atom stereocenters. The van der Waals surface area contributed by atoms with Crippen molar-refractivity contribution in [1.82, 2.24) is 0 Å². The second kappa shape index (κ2) is 5.89. The zero-order valence-electron chi connectivity index (χ0n) is 11.5. The average molecular weight is 256 g/mol. The van der Waals surface area contributed by atoms with E-state index in [1.165, 1.54) is 0 Å². The van der Waals surface area contributed by atoms with Crippen molar-refractivity contribution in [2.24, 2.45) is 0 Å². The van der Waals surface area contributed by atoms with Crippen molar-refractivity contribution in [3.8, 4) is 5.75 Å². The van der Waals surface area contributed by atoms with Gasteiger partial charge in [0.2, 0.25) is 0 Å². The van der Waals surface area contributed by atoms with Crippen LogP contribution in [0.2, 0.25) is 0 Å². The third-order valence-corrected chi connectivity index (χ3v) is 3.28. The van der Waals surface area contributed by atoms with Crippen LogP contribution in [-0.4, -0.2) is 11.7 Å². The molecule has 0 heterocycles. The number of aliphatic hydroxyl groups excluding tert-OH is 1. The number of rotatable bonds is 5. The molecular weight excluding hydrogens is 236 g/mol. The molecule has 2 heteroatoms. The summed E-state index contributed by atoms with van der Waals surface area (Å²) in [5.74, 6) is 0.766. The number of ether oxygens (including phenoxy) is 1. The summed E-state index contributed by atoms with van der Waals surface area (Å²) in [6, 6.07) is 12.0. The molecule has 0 aliphatic heterocycles. The fraction of sp³-hybridized carbons (Fsp3) is 0.294. The SMILES string of the molecule is C=C(CC)COc1c([C@@H](C)O)ccc2ccccc12. The summed E-state index contributed by atoms with van der Waals surface area (Å²) < 4.78 is 5.90. The Morgan fingerprint density at radius 2 is 2.00 bits per heavy atom. The van der Waals surface area contributed by atoms with Gasteiger partial charge >= 0.3 is 0 Å². The van der Waals surface area contributed by atoms with Gasteiger partial charge in [0.1, 0.15) is 12.4 Å². The third kappa shape index (κ3) is 2.96. The molecule has 2 nitrogen and oxygen atoms in total. The molecule has 19 heavy (non-hydrogen) atoms. The Hall–Kier alpha value is -1.80. The molecule has 0 saturated heterocycles. The van der Waals surface area contributed by atoms with Gasteiger partial charge in [0, 0.05) is 10.9 Å². The fourth-order valence-electron chi connectivity index (χ4n) is 2.03. The van der Waals surface area contributed by atoms with Gasteiger partial charge in [-0.3, -0.25) is 0 Å². The van der Waals surface area contributed by atoms with E-state index in [1.54, 1.807) is 6.92 Å². The second-order valence-electron chi connectivity index (χ2n) is 4.77. The van der Waals surface area contributed by atoms with Crippen molar-refractivity contribution in [2.75, 3.05) is 6.61 Å². The molecule has 2 rings (SSSR count). The first-order valence-corrected chi connectivity index (χ1v) is 6.62. The molecule has 2 aromatic rings. The summed E-state index contributed by atoms with van der Waals surface area (Å²) in [6.45, 7) is 8.26. The summed E-state index contributed by atoms with van der Waals surface area (Å²) in [5, 5.41) is 12.0. The lowest BCUT2D eigenvalue weighted by molar-refractivity contribution is 0.193. The summed E-state index contributed by atoms with van der Waals surface area (Å²) in [6.07, 6.45) is 0.351. The Morgan fingerprint density at radius 1 is 1.26 bits per heavy atom. The molecule has 0 aliphatic rings. The predicted octanol–water partition coefficient (Wildman–Crippen LogP) is 4.24. The maximum Gasteiger partial charge on any atom is 0.133 e. The molecule has 0 radical (unpaired) electrons. The highest BCUT2D eigenvalue weighted by atomic mass is 16.5. The lowest BCUT2D eigenvalue weighted by Gasteiger charge is -2.16. The van der Waals surface area contributed by atoms with Gasteiger partial charge in [-0.15, -0.1) is 0 Å². The minimum atomic E-state index is -0.547. The molecule has 0 spiro atoms. The van der Waals surface area contributed by atoms with Gasteiger partial charge < -0.3 is 9.84 Å². The van der Waals surface area contributed by atoms with Crippen LogP contribution in [0, 0.1) is 0 Å². The third-order valence-electron chi connectivity index (χ3n) is 3.28. The van der Waals surface area contributed by atoms with Gasteiger partial charge in [-0.1, -0.05) is 49.9 Å². The zero-order valence-corrected chi connectivity index (χ0v) is 11.5. The lowest BCUT2D eigenvalue weighted by Crippen LogP contribution is -2.04. The van der Waals surface area contributed by atoms with Crippen LogP contribution in [0.15, 0.2) is 48.6 Å². The first-order valence-electron chi connectivity index (χ1n) is 6.62. The van der Waals surface area contributed by atoms with E-state index < -0.39 is 6.10 Å². The Bertz CT molecular complexity index is 585. The Balaban J connectivity index is 2.46. The Morgan fingerprint density at radius 3 is 2.68 bits per heavy atom. The van der Waals surface area contributed by atoms with Gasteiger partial charge in [-0.2, -0.15) is 0 Å². The molecule has 1 N–H and O–H groups in total. The highest BCUT2D eigenvalue weighted by Gasteiger charge is 2.13. The number of benzene rings is 2. The molecule has 0 bridgehead atoms. The fourth-order valence-corrected chi connectivity index (χ4v) is 2.03. The summed E-state index contributed by atoms with van der Waals surface area (Å²) in [7, 11) is 0. The summed E-state index contributed by atoms with van der Waals surface area (Å²) in [4.78, 5) is 0. The maximum absolute atomic E-state index is 9.88. The highest BCUT2D eigenvalue weighted by Crippen LogP contribution is 2.33. The van der Waals surface area contributed by atoms with E-state index in [2.05, 4.69) is 13.5 Å². The first-order chi connectivity index (χ1) is 9.13. The smallest absolute Gasteiger partial charge is 0.133 e. The first kappa shape index (κ1) is 13.6. The Kier molecular flexibility index (Phi) is 4.23. The molecule has 0 amide bonds. The Labute approximate surface area is 114 Å². The van der Waals surface area contributed by atoms with Crippen LogP contribution in [0.25, 0.3) is 10.8 Å². The molecule has 0 unspecified atom stereocenters. The lowest BCUT2D eigenvalue weighted by atomic mass is 10.0. The van der Waals surface area contributed by atoms with Crippen molar-refractivity contribution >= 4 is 10.8 Å². The predicted molar refractivity (Wildman–Crippen MR) is 79.5 cm³/mol. The molecule has 100 valence electrons. The van der Waals surface area contributed by atoms with E-state index in [-0.39, 0.29) is 0 Å².